The van der Waals surface area contributed by atoms with E-state index >= 15 is 0 Å². The van der Waals surface area contributed by atoms with Crippen molar-refractivity contribution in [3.8, 4) is 0 Å². The predicted molar refractivity (Wildman–Crippen MR) is 121 cm³/mol. The highest BCUT2D eigenvalue weighted by molar-refractivity contribution is 5.81. The third-order valence-electron chi connectivity index (χ3n) is 6.10. The second-order valence-corrected chi connectivity index (χ2v) is 8.43. The molecule has 2 N–H and O–H groups in total. The predicted octanol–water partition coefficient (Wildman–Crippen LogP) is 3.50. The van der Waals surface area contributed by atoms with Crippen molar-refractivity contribution in [1.29, 1.82) is 0 Å². The zero-order valence-electron chi connectivity index (χ0n) is 18.6. The van der Waals surface area contributed by atoms with Crippen molar-refractivity contribution < 1.29 is 9.53 Å². The lowest BCUT2D eigenvalue weighted by molar-refractivity contribution is -0.134. The van der Waals surface area contributed by atoms with Crippen molar-refractivity contribution in [2.45, 2.75) is 64.5 Å². The average molecular weight is 415 g/mol. The number of aliphatic imine (C=N–C) groups is 1. The van der Waals surface area contributed by atoms with Gasteiger partial charge in [0.15, 0.2) is 5.96 Å². The van der Waals surface area contributed by atoms with Gasteiger partial charge in [-0.3, -0.25) is 9.79 Å². The largest absolute Gasteiger partial charge is 0.374 e. The Bertz CT molecular complexity index is 673. The summed E-state index contributed by atoms with van der Waals surface area (Å²) in [6.45, 7) is 8.04. The quantitative estimate of drug-likeness (QED) is 0.369. The maximum absolute atomic E-state index is 12.6. The molecule has 6 heteroatoms. The van der Waals surface area contributed by atoms with Gasteiger partial charge in [-0.25, -0.2) is 0 Å². The summed E-state index contributed by atoms with van der Waals surface area (Å²) < 4.78 is 5.94. The number of nitrogens with one attached hydrogen (secondary N) is 2. The number of rotatable bonds is 9. The van der Waals surface area contributed by atoms with Gasteiger partial charge in [0.05, 0.1) is 6.10 Å². The Hall–Kier alpha value is -2.08. The Kier molecular flexibility index (Phi) is 9.00. The molecule has 1 amide bonds. The number of guanidine groups is 1. The van der Waals surface area contributed by atoms with E-state index < -0.39 is 0 Å². The monoisotopic (exact) mass is 414 g/mol. The standard InChI is InChI=1S/C24H38N4O2/c1-3-25-24(26-15-9-17-30-19(2)20-10-5-4-6-11-20)27-22-14-16-28(18-22)23(29)21-12-7-8-13-21/h4-6,10-11,19,21-22H,3,7-9,12-18H2,1-2H3,(H2,25,26,27). The number of likely N-dealkylation sites (tertiary alicyclic amines) is 1. The maximum Gasteiger partial charge on any atom is 0.225 e. The van der Waals surface area contributed by atoms with Crippen LogP contribution in [0.3, 0.4) is 0 Å². The second kappa shape index (κ2) is 11.9. The molecule has 6 nitrogen and oxygen atoms in total. The first-order valence-corrected chi connectivity index (χ1v) is 11.7. The number of nitrogens with zero attached hydrogens (tertiary/aromatic N) is 2. The molecule has 1 saturated carbocycles. The van der Waals surface area contributed by atoms with Crippen LogP contribution in [0.25, 0.3) is 0 Å². The van der Waals surface area contributed by atoms with Gasteiger partial charge in [0.1, 0.15) is 0 Å². The van der Waals surface area contributed by atoms with Crippen molar-refractivity contribution in [2.75, 3.05) is 32.8 Å². The van der Waals surface area contributed by atoms with Crippen molar-refractivity contribution in [1.82, 2.24) is 15.5 Å². The van der Waals surface area contributed by atoms with Crippen molar-refractivity contribution in [3.05, 3.63) is 35.9 Å². The van der Waals surface area contributed by atoms with Crippen LogP contribution in [0.1, 0.15) is 64.0 Å². The molecule has 0 radical (unpaired) electrons. The zero-order valence-corrected chi connectivity index (χ0v) is 18.6. The molecule has 1 aliphatic carbocycles. The summed E-state index contributed by atoms with van der Waals surface area (Å²) in [7, 11) is 0. The van der Waals surface area contributed by atoms with Crippen LogP contribution < -0.4 is 10.6 Å². The molecular formula is C24H38N4O2. The Labute approximate surface area is 181 Å². The molecule has 30 heavy (non-hydrogen) atoms. The number of carbonyl (C=O) groups excluding carboxylic acids is 1. The van der Waals surface area contributed by atoms with E-state index in [-0.39, 0.29) is 18.1 Å². The number of hydrogen-bond acceptors (Lipinski definition) is 3. The van der Waals surface area contributed by atoms with E-state index in [4.69, 9.17) is 9.73 Å². The molecule has 2 atom stereocenters. The number of carbonyl (C=O) groups is 1. The SMILES string of the molecule is CCNC(=NCCCOC(C)c1ccccc1)NC1CCN(C(=O)C2CCCC2)C1. The highest BCUT2D eigenvalue weighted by Gasteiger charge is 2.32. The number of amides is 1. The lowest BCUT2D eigenvalue weighted by atomic mass is 10.1. The van der Waals surface area contributed by atoms with Crippen LogP contribution in [-0.4, -0.2) is 55.6 Å². The third-order valence-corrected chi connectivity index (χ3v) is 6.10. The first kappa shape index (κ1) is 22.6. The first-order valence-electron chi connectivity index (χ1n) is 11.7. The van der Waals surface area contributed by atoms with Crippen LogP contribution in [0.2, 0.25) is 0 Å². The minimum atomic E-state index is 0.100. The fraction of sp³-hybridized carbons (Fsp3) is 0.667. The Morgan fingerprint density at radius 1 is 1.23 bits per heavy atom. The van der Waals surface area contributed by atoms with Crippen LogP contribution in [-0.2, 0) is 9.53 Å². The molecule has 1 aromatic rings. The molecule has 2 unspecified atom stereocenters. The van der Waals surface area contributed by atoms with Crippen LogP contribution in [0.4, 0.5) is 0 Å². The molecule has 0 bridgehead atoms. The first-order chi connectivity index (χ1) is 14.7. The van der Waals surface area contributed by atoms with Gasteiger partial charge in [-0.1, -0.05) is 43.2 Å². The van der Waals surface area contributed by atoms with Crippen molar-refractivity contribution >= 4 is 11.9 Å². The smallest absolute Gasteiger partial charge is 0.225 e. The number of benzene rings is 1. The topological polar surface area (TPSA) is 66.0 Å². The summed E-state index contributed by atoms with van der Waals surface area (Å²) in [6, 6.07) is 10.6. The lowest BCUT2D eigenvalue weighted by Crippen LogP contribution is -2.45. The summed E-state index contributed by atoms with van der Waals surface area (Å²) in [6.07, 6.45) is 6.52. The van der Waals surface area contributed by atoms with Gasteiger partial charge in [-0.15, -0.1) is 0 Å². The molecule has 3 rings (SSSR count). The molecule has 2 aliphatic rings. The molecule has 166 valence electrons. The fourth-order valence-corrected chi connectivity index (χ4v) is 4.36. The molecule has 1 aromatic carbocycles. The van der Waals surface area contributed by atoms with Gasteiger partial charge in [-0.05, 0) is 45.1 Å². The molecule has 2 fully saturated rings. The summed E-state index contributed by atoms with van der Waals surface area (Å²) in [5, 5.41) is 6.85. The van der Waals surface area contributed by atoms with Gasteiger partial charge in [0.25, 0.3) is 0 Å². The molecule has 0 spiro atoms. The Balaban J connectivity index is 1.38. The lowest BCUT2D eigenvalue weighted by Gasteiger charge is -2.21. The highest BCUT2D eigenvalue weighted by atomic mass is 16.5. The van der Waals surface area contributed by atoms with Crippen LogP contribution in [0.15, 0.2) is 35.3 Å². The minimum absolute atomic E-state index is 0.100. The fourth-order valence-electron chi connectivity index (χ4n) is 4.36. The maximum atomic E-state index is 12.6. The van der Waals surface area contributed by atoms with Gasteiger partial charge in [-0.2, -0.15) is 0 Å². The number of ether oxygens (including phenoxy) is 1. The third kappa shape index (κ3) is 6.73. The van der Waals surface area contributed by atoms with Gasteiger partial charge in [0, 0.05) is 44.7 Å². The van der Waals surface area contributed by atoms with Gasteiger partial charge in [0.2, 0.25) is 5.91 Å². The van der Waals surface area contributed by atoms with Crippen LogP contribution >= 0.6 is 0 Å². The van der Waals surface area contributed by atoms with Crippen LogP contribution in [0, 0.1) is 5.92 Å². The summed E-state index contributed by atoms with van der Waals surface area (Å²) in [5.74, 6) is 1.47. The second-order valence-electron chi connectivity index (χ2n) is 8.43. The molecule has 1 aliphatic heterocycles. The Morgan fingerprint density at radius 2 is 2.00 bits per heavy atom. The summed E-state index contributed by atoms with van der Waals surface area (Å²) >= 11 is 0. The van der Waals surface area contributed by atoms with E-state index in [1.807, 2.05) is 18.2 Å². The van der Waals surface area contributed by atoms with E-state index in [0.29, 0.717) is 19.1 Å². The van der Waals surface area contributed by atoms with Gasteiger partial charge < -0.3 is 20.3 Å². The molecule has 1 saturated heterocycles. The Morgan fingerprint density at radius 3 is 2.73 bits per heavy atom. The number of hydrogen-bond donors (Lipinski definition) is 2. The normalized spacial score (nSPS) is 21.1. The van der Waals surface area contributed by atoms with E-state index in [1.165, 1.54) is 18.4 Å². The van der Waals surface area contributed by atoms with E-state index in [9.17, 15) is 4.79 Å². The van der Waals surface area contributed by atoms with Crippen molar-refractivity contribution in [3.63, 3.8) is 0 Å². The van der Waals surface area contributed by atoms with Crippen LogP contribution in [0.5, 0.6) is 0 Å². The average Bonchev–Trinajstić information content (AvgIpc) is 3.46. The van der Waals surface area contributed by atoms with Crippen molar-refractivity contribution in [2.24, 2.45) is 10.9 Å². The summed E-state index contributed by atoms with van der Waals surface area (Å²) in [4.78, 5) is 19.4. The molecule has 1 heterocycles. The summed E-state index contributed by atoms with van der Waals surface area (Å²) in [5.41, 5.74) is 1.20. The van der Waals surface area contributed by atoms with Gasteiger partial charge >= 0.3 is 0 Å². The highest BCUT2D eigenvalue weighted by Crippen LogP contribution is 2.27. The van der Waals surface area contributed by atoms with E-state index in [1.54, 1.807) is 0 Å². The van der Waals surface area contributed by atoms with E-state index in [0.717, 1.165) is 51.3 Å². The van der Waals surface area contributed by atoms with E-state index in [2.05, 4.69) is 41.5 Å². The molecule has 0 aromatic heterocycles. The minimum Gasteiger partial charge on any atom is -0.374 e. The molecular weight excluding hydrogens is 376 g/mol. The zero-order chi connectivity index (χ0) is 21.2.